The predicted octanol–water partition coefficient (Wildman–Crippen LogP) is 1.46. The minimum absolute atomic E-state index is 0.136. The molecule has 4 heteroatoms. The van der Waals surface area contributed by atoms with Crippen LogP contribution in [0.3, 0.4) is 0 Å². The Morgan fingerprint density at radius 3 is 2.15 bits per heavy atom. The van der Waals surface area contributed by atoms with Crippen LogP contribution < -0.4 is 0 Å². The summed E-state index contributed by atoms with van der Waals surface area (Å²) >= 11 is 0. The van der Waals surface area contributed by atoms with Crippen molar-refractivity contribution < 1.29 is 8.42 Å². The quantitative estimate of drug-likeness (QED) is 0.650. The molecule has 0 saturated carbocycles. The summed E-state index contributed by atoms with van der Waals surface area (Å²) < 4.78 is 25.4. The van der Waals surface area contributed by atoms with Crippen molar-refractivity contribution in [3.8, 4) is 0 Å². The standard InChI is InChI=1S/C9H19NO2S/c1-5-10-7-6-8(9(2,3)4)13(10,11)12/h8H,5-7H2,1-4H3. The second-order valence-corrected chi connectivity index (χ2v) is 6.80. The predicted molar refractivity (Wildman–Crippen MR) is 54.0 cm³/mol. The van der Waals surface area contributed by atoms with Crippen LogP contribution in [0.1, 0.15) is 34.1 Å². The molecule has 1 atom stereocenters. The van der Waals surface area contributed by atoms with Crippen LogP contribution in [0, 0.1) is 5.41 Å². The second kappa shape index (κ2) is 3.24. The lowest BCUT2D eigenvalue weighted by Gasteiger charge is -2.26. The number of hydrogen-bond donors (Lipinski definition) is 0. The topological polar surface area (TPSA) is 37.4 Å². The molecule has 0 bridgehead atoms. The minimum atomic E-state index is -3.00. The summed E-state index contributed by atoms with van der Waals surface area (Å²) in [6.45, 7) is 9.18. The first-order chi connectivity index (χ1) is 5.80. The van der Waals surface area contributed by atoms with Crippen LogP contribution in [0.4, 0.5) is 0 Å². The van der Waals surface area contributed by atoms with Gasteiger partial charge in [0.05, 0.1) is 5.25 Å². The molecule has 0 aromatic carbocycles. The van der Waals surface area contributed by atoms with Crippen LogP contribution in [0.5, 0.6) is 0 Å². The first-order valence-electron chi connectivity index (χ1n) is 4.79. The fraction of sp³-hybridized carbons (Fsp3) is 1.00. The van der Waals surface area contributed by atoms with Crippen LogP contribution in [-0.4, -0.2) is 31.1 Å². The normalized spacial score (nSPS) is 29.4. The summed E-state index contributed by atoms with van der Waals surface area (Å²) in [6.07, 6.45) is 0.777. The average Bonchev–Trinajstić information content (AvgIpc) is 2.22. The molecule has 0 aromatic rings. The molecular weight excluding hydrogens is 186 g/mol. The summed E-state index contributed by atoms with van der Waals surface area (Å²) in [5, 5.41) is -0.194. The van der Waals surface area contributed by atoms with Crippen molar-refractivity contribution in [3.05, 3.63) is 0 Å². The lowest BCUT2D eigenvalue weighted by molar-refractivity contribution is 0.377. The fourth-order valence-corrected chi connectivity index (χ4v) is 4.31. The Balaban J connectivity index is 2.96. The van der Waals surface area contributed by atoms with Gasteiger partial charge in [-0.3, -0.25) is 0 Å². The maximum Gasteiger partial charge on any atom is 0.217 e. The van der Waals surface area contributed by atoms with E-state index in [4.69, 9.17) is 0 Å². The van der Waals surface area contributed by atoms with Gasteiger partial charge in [0.25, 0.3) is 0 Å². The third kappa shape index (κ3) is 1.89. The zero-order chi connectivity index (χ0) is 10.3. The first kappa shape index (κ1) is 11.0. The molecule has 0 aliphatic carbocycles. The Kier molecular flexibility index (Phi) is 2.74. The zero-order valence-electron chi connectivity index (χ0n) is 8.87. The van der Waals surface area contributed by atoms with Crippen LogP contribution in [-0.2, 0) is 10.0 Å². The molecule has 1 fully saturated rings. The van der Waals surface area contributed by atoms with Gasteiger partial charge in [0.1, 0.15) is 0 Å². The lowest BCUT2D eigenvalue weighted by atomic mass is 9.90. The Morgan fingerprint density at radius 1 is 1.38 bits per heavy atom. The number of nitrogens with zero attached hydrogens (tertiary/aromatic N) is 1. The molecule has 78 valence electrons. The third-order valence-electron chi connectivity index (χ3n) is 2.68. The molecule has 0 amide bonds. The Hall–Kier alpha value is -0.0900. The molecule has 1 aliphatic rings. The molecule has 1 rings (SSSR count). The minimum Gasteiger partial charge on any atom is -0.212 e. The fourth-order valence-electron chi connectivity index (χ4n) is 1.94. The zero-order valence-corrected chi connectivity index (χ0v) is 9.69. The first-order valence-corrected chi connectivity index (χ1v) is 6.29. The van der Waals surface area contributed by atoms with E-state index in [-0.39, 0.29) is 10.7 Å². The van der Waals surface area contributed by atoms with Gasteiger partial charge in [-0.05, 0) is 11.8 Å². The van der Waals surface area contributed by atoms with Gasteiger partial charge in [0, 0.05) is 13.1 Å². The van der Waals surface area contributed by atoms with Crippen LogP contribution in [0.15, 0.2) is 0 Å². The molecule has 13 heavy (non-hydrogen) atoms. The van der Waals surface area contributed by atoms with Crippen molar-refractivity contribution in [2.24, 2.45) is 5.41 Å². The van der Waals surface area contributed by atoms with Crippen molar-refractivity contribution in [2.45, 2.75) is 39.4 Å². The van der Waals surface area contributed by atoms with E-state index in [1.54, 1.807) is 4.31 Å². The van der Waals surface area contributed by atoms with Crippen LogP contribution in [0.2, 0.25) is 0 Å². The van der Waals surface area contributed by atoms with Gasteiger partial charge in [-0.25, -0.2) is 12.7 Å². The molecule has 0 radical (unpaired) electrons. The van der Waals surface area contributed by atoms with Gasteiger partial charge in [0.15, 0.2) is 0 Å². The molecule has 1 aliphatic heterocycles. The van der Waals surface area contributed by atoms with Gasteiger partial charge in [-0.2, -0.15) is 0 Å². The second-order valence-electron chi connectivity index (χ2n) is 4.68. The SMILES string of the molecule is CCN1CCC(C(C)(C)C)S1(=O)=O. The summed E-state index contributed by atoms with van der Waals surface area (Å²) in [4.78, 5) is 0. The molecule has 0 spiro atoms. The van der Waals surface area contributed by atoms with Gasteiger partial charge in [-0.15, -0.1) is 0 Å². The van der Waals surface area contributed by atoms with Gasteiger partial charge >= 0.3 is 0 Å². The average molecular weight is 205 g/mol. The maximum absolute atomic E-state index is 11.9. The highest BCUT2D eigenvalue weighted by atomic mass is 32.2. The van der Waals surface area contributed by atoms with E-state index in [1.165, 1.54) is 0 Å². The van der Waals surface area contributed by atoms with Crippen LogP contribution in [0.25, 0.3) is 0 Å². The number of sulfonamides is 1. The van der Waals surface area contributed by atoms with Gasteiger partial charge in [0.2, 0.25) is 10.0 Å². The molecule has 1 heterocycles. The smallest absolute Gasteiger partial charge is 0.212 e. The van der Waals surface area contributed by atoms with E-state index in [1.807, 2.05) is 27.7 Å². The van der Waals surface area contributed by atoms with E-state index in [0.717, 1.165) is 6.42 Å². The van der Waals surface area contributed by atoms with Crippen molar-refractivity contribution in [2.75, 3.05) is 13.1 Å². The molecule has 3 nitrogen and oxygen atoms in total. The van der Waals surface area contributed by atoms with E-state index in [0.29, 0.717) is 13.1 Å². The number of rotatable bonds is 1. The molecule has 0 aromatic heterocycles. The van der Waals surface area contributed by atoms with E-state index in [2.05, 4.69) is 0 Å². The Labute approximate surface area is 81.2 Å². The maximum atomic E-state index is 11.9. The molecule has 0 N–H and O–H groups in total. The van der Waals surface area contributed by atoms with Crippen LogP contribution >= 0.6 is 0 Å². The van der Waals surface area contributed by atoms with Gasteiger partial charge in [-0.1, -0.05) is 27.7 Å². The van der Waals surface area contributed by atoms with Crippen molar-refractivity contribution in [1.82, 2.24) is 4.31 Å². The Morgan fingerprint density at radius 2 is 1.92 bits per heavy atom. The van der Waals surface area contributed by atoms with Gasteiger partial charge < -0.3 is 0 Å². The molecule has 1 unspecified atom stereocenters. The molecular formula is C9H19NO2S. The lowest BCUT2D eigenvalue weighted by Crippen LogP contribution is -2.36. The summed E-state index contributed by atoms with van der Waals surface area (Å²) in [5.41, 5.74) is -0.136. The largest absolute Gasteiger partial charge is 0.217 e. The van der Waals surface area contributed by atoms with Crippen molar-refractivity contribution in [1.29, 1.82) is 0 Å². The van der Waals surface area contributed by atoms with E-state index < -0.39 is 10.0 Å². The van der Waals surface area contributed by atoms with Crippen molar-refractivity contribution >= 4 is 10.0 Å². The third-order valence-corrected chi connectivity index (χ3v) is 5.50. The van der Waals surface area contributed by atoms with E-state index >= 15 is 0 Å². The summed E-state index contributed by atoms with van der Waals surface area (Å²) in [6, 6.07) is 0. The van der Waals surface area contributed by atoms with Crippen molar-refractivity contribution in [3.63, 3.8) is 0 Å². The highest BCUT2D eigenvalue weighted by Crippen LogP contribution is 2.34. The Bertz CT molecular complexity index is 276. The number of hydrogen-bond acceptors (Lipinski definition) is 2. The molecule has 1 saturated heterocycles. The summed E-state index contributed by atoms with van der Waals surface area (Å²) in [7, 11) is -3.00. The highest BCUT2D eigenvalue weighted by molar-refractivity contribution is 7.90. The van der Waals surface area contributed by atoms with E-state index in [9.17, 15) is 8.42 Å². The monoisotopic (exact) mass is 205 g/mol. The highest BCUT2D eigenvalue weighted by Gasteiger charge is 2.44. The summed E-state index contributed by atoms with van der Waals surface area (Å²) in [5.74, 6) is 0.